The van der Waals surface area contributed by atoms with Crippen molar-refractivity contribution in [2.24, 2.45) is 11.8 Å². The molecule has 0 aliphatic carbocycles. The summed E-state index contributed by atoms with van der Waals surface area (Å²) in [6, 6.07) is 11.3. The molecule has 1 aromatic carbocycles. The zero-order valence-electron chi connectivity index (χ0n) is 14.4. The maximum Gasteiger partial charge on any atom is 0.223 e. The first-order chi connectivity index (χ1) is 10.6. The van der Waals surface area contributed by atoms with Crippen LogP contribution in [-0.4, -0.2) is 43.0 Å². The summed E-state index contributed by atoms with van der Waals surface area (Å²) in [6.45, 7) is 8.28. The topological polar surface area (TPSA) is 44.4 Å². The lowest BCUT2D eigenvalue weighted by molar-refractivity contribution is -0.127. The number of benzene rings is 1. The van der Waals surface area contributed by atoms with E-state index in [1.165, 1.54) is 5.56 Å². The Labute approximate surface area is 157 Å². The second-order valence-corrected chi connectivity index (χ2v) is 6.78. The van der Waals surface area contributed by atoms with Crippen molar-refractivity contribution in [3.8, 4) is 0 Å². The fourth-order valence-electron chi connectivity index (χ4n) is 3.41. The van der Waals surface area contributed by atoms with Crippen LogP contribution in [0.5, 0.6) is 0 Å². The molecule has 2 fully saturated rings. The van der Waals surface area contributed by atoms with Gasteiger partial charge in [-0.1, -0.05) is 37.3 Å². The van der Waals surface area contributed by atoms with E-state index in [2.05, 4.69) is 59.7 Å². The van der Waals surface area contributed by atoms with Gasteiger partial charge >= 0.3 is 0 Å². The van der Waals surface area contributed by atoms with E-state index in [0.717, 1.165) is 32.6 Å². The first-order valence-electron chi connectivity index (χ1n) is 8.45. The summed E-state index contributed by atoms with van der Waals surface area (Å²) in [4.78, 5) is 14.8. The fraction of sp³-hybridized carbons (Fsp3) is 0.611. The Morgan fingerprint density at radius 2 is 1.88 bits per heavy atom. The monoisotopic (exact) mass is 373 g/mol. The Morgan fingerprint density at radius 1 is 1.21 bits per heavy atom. The van der Waals surface area contributed by atoms with E-state index in [-0.39, 0.29) is 36.6 Å². The molecule has 4 nitrogen and oxygen atoms in total. The van der Waals surface area contributed by atoms with E-state index >= 15 is 0 Å². The maximum atomic E-state index is 12.3. The van der Waals surface area contributed by atoms with E-state index in [0.29, 0.717) is 18.0 Å². The maximum absolute atomic E-state index is 12.3. The van der Waals surface area contributed by atoms with Gasteiger partial charge in [0.05, 0.1) is 0 Å². The van der Waals surface area contributed by atoms with Gasteiger partial charge in [-0.05, 0) is 37.9 Å². The van der Waals surface area contributed by atoms with Crippen molar-refractivity contribution >= 4 is 30.7 Å². The van der Waals surface area contributed by atoms with Crippen LogP contribution < -0.4 is 10.6 Å². The number of carbonyl (C=O) groups excluding carboxylic acids is 1. The molecule has 0 spiro atoms. The van der Waals surface area contributed by atoms with Crippen molar-refractivity contribution in [3.05, 3.63) is 35.9 Å². The molecule has 6 heteroatoms. The molecular formula is C18H29Cl2N3O. The van der Waals surface area contributed by atoms with Crippen LogP contribution in [0.25, 0.3) is 0 Å². The Hall–Kier alpha value is -0.810. The van der Waals surface area contributed by atoms with E-state index in [1.807, 2.05) is 0 Å². The fourth-order valence-corrected chi connectivity index (χ4v) is 3.41. The highest BCUT2D eigenvalue weighted by Gasteiger charge is 2.32. The number of halogens is 2. The lowest BCUT2D eigenvalue weighted by Gasteiger charge is -2.32. The number of hydrogen-bond acceptors (Lipinski definition) is 3. The Kier molecular flexibility index (Phi) is 8.51. The van der Waals surface area contributed by atoms with Gasteiger partial charge in [-0.2, -0.15) is 0 Å². The molecule has 2 N–H and O–H groups in total. The Morgan fingerprint density at radius 3 is 2.46 bits per heavy atom. The first-order valence-corrected chi connectivity index (χ1v) is 8.45. The number of nitrogens with zero attached hydrogens (tertiary/aromatic N) is 1. The molecule has 2 saturated heterocycles. The highest BCUT2D eigenvalue weighted by atomic mass is 35.5. The Balaban J connectivity index is 0.00000144. The molecule has 2 aliphatic heterocycles. The molecule has 24 heavy (non-hydrogen) atoms. The van der Waals surface area contributed by atoms with Crippen molar-refractivity contribution in [2.75, 3.05) is 26.2 Å². The molecule has 2 aliphatic rings. The van der Waals surface area contributed by atoms with Gasteiger partial charge in [-0.3, -0.25) is 9.69 Å². The van der Waals surface area contributed by atoms with Gasteiger partial charge in [0.25, 0.3) is 0 Å². The number of nitrogens with one attached hydrogen (secondary N) is 2. The number of hydrogen-bond donors (Lipinski definition) is 2. The highest BCUT2D eigenvalue weighted by Crippen LogP contribution is 2.25. The first kappa shape index (κ1) is 21.2. The van der Waals surface area contributed by atoms with Gasteiger partial charge in [0.15, 0.2) is 0 Å². The SMILES string of the molecule is CC(C(=O)NC1CCN(C(C)c2ccccc2)C1)C1CNC1.Cl.Cl. The van der Waals surface area contributed by atoms with Crippen LogP contribution in [0.4, 0.5) is 0 Å². The largest absolute Gasteiger partial charge is 0.352 e. The van der Waals surface area contributed by atoms with Gasteiger partial charge < -0.3 is 10.6 Å². The summed E-state index contributed by atoms with van der Waals surface area (Å²) in [6.07, 6.45) is 1.05. The third-order valence-electron chi connectivity index (χ3n) is 5.33. The molecule has 136 valence electrons. The number of carbonyl (C=O) groups is 1. The average molecular weight is 374 g/mol. The van der Waals surface area contributed by atoms with E-state index < -0.39 is 0 Å². The predicted molar refractivity (Wildman–Crippen MR) is 103 cm³/mol. The number of rotatable bonds is 5. The van der Waals surface area contributed by atoms with Gasteiger partial charge in [-0.15, -0.1) is 24.8 Å². The molecule has 3 unspecified atom stereocenters. The summed E-state index contributed by atoms with van der Waals surface area (Å²) in [5.41, 5.74) is 1.35. The van der Waals surface area contributed by atoms with Gasteiger partial charge in [0, 0.05) is 31.1 Å². The third kappa shape index (κ3) is 4.85. The molecule has 0 aromatic heterocycles. The molecule has 1 aromatic rings. The highest BCUT2D eigenvalue weighted by molar-refractivity contribution is 5.85. The van der Waals surface area contributed by atoms with Crippen molar-refractivity contribution in [1.29, 1.82) is 0 Å². The van der Waals surface area contributed by atoms with Crippen LogP contribution in [-0.2, 0) is 4.79 Å². The zero-order chi connectivity index (χ0) is 15.5. The Bertz CT molecular complexity index is 510. The lowest BCUT2D eigenvalue weighted by Crippen LogP contribution is -2.51. The zero-order valence-corrected chi connectivity index (χ0v) is 16.0. The van der Waals surface area contributed by atoms with Crippen LogP contribution in [0.1, 0.15) is 31.9 Å². The van der Waals surface area contributed by atoms with Crippen molar-refractivity contribution < 1.29 is 4.79 Å². The molecule has 0 saturated carbocycles. The quantitative estimate of drug-likeness (QED) is 0.833. The van der Waals surface area contributed by atoms with Gasteiger partial charge in [-0.25, -0.2) is 0 Å². The smallest absolute Gasteiger partial charge is 0.223 e. The molecule has 2 heterocycles. The van der Waals surface area contributed by atoms with E-state index in [4.69, 9.17) is 0 Å². The summed E-state index contributed by atoms with van der Waals surface area (Å²) < 4.78 is 0. The summed E-state index contributed by atoms with van der Waals surface area (Å²) >= 11 is 0. The van der Waals surface area contributed by atoms with E-state index in [9.17, 15) is 4.79 Å². The molecular weight excluding hydrogens is 345 g/mol. The van der Waals surface area contributed by atoms with Crippen molar-refractivity contribution in [1.82, 2.24) is 15.5 Å². The molecule has 1 amide bonds. The van der Waals surface area contributed by atoms with Crippen molar-refractivity contribution in [3.63, 3.8) is 0 Å². The summed E-state index contributed by atoms with van der Waals surface area (Å²) in [7, 11) is 0. The summed E-state index contributed by atoms with van der Waals surface area (Å²) in [5, 5.41) is 6.50. The van der Waals surface area contributed by atoms with Crippen LogP contribution in [0.2, 0.25) is 0 Å². The van der Waals surface area contributed by atoms with Crippen LogP contribution in [0, 0.1) is 11.8 Å². The van der Waals surface area contributed by atoms with Gasteiger partial charge in [0.1, 0.15) is 0 Å². The number of likely N-dealkylation sites (tertiary alicyclic amines) is 1. The molecule has 3 atom stereocenters. The second kappa shape index (κ2) is 9.62. The standard InChI is InChI=1S/C18H27N3O.2ClH/c1-13(16-10-19-11-16)18(22)20-17-8-9-21(12-17)14(2)15-6-4-3-5-7-15;;/h3-7,13-14,16-17,19H,8-12H2,1-2H3,(H,20,22);2*1H. The molecule has 0 bridgehead atoms. The minimum Gasteiger partial charge on any atom is -0.352 e. The number of amides is 1. The van der Waals surface area contributed by atoms with Crippen LogP contribution in [0.15, 0.2) is 30.3 Å². The predicted octanol–water partition coefficient (Wildman–Crippen LogP) is 2.64. The second-order valence-electron chi connectivity index (χ2n) is 6.78. The normalized spacial score (nSPS) is 23.3. The molecule has 0 radical (unpaired) electrons. The van der Waals surface area contributed by atoms with Gasteiger partial charge in [0.2, 0.25) is 5.91 Å². The van der Waals surface area contributed by atoms with Crippen LogP contribution in [0.3, 0.4) is 0 Å². The minimum atomic E-state index is 0. The summed E-state index contributed by atoms with van der Waals surface area (Å²) in [5.74, 6) is 0.869. The average Bonchev–Trinajstić information content (AvgIpc) is 2.94. The molecule has 3 rings (SSSR count). The third-order valence-corrected chi connectivity index (χ3v) is 5.33. The lowest BCUT2D eigenvalue weighted by atomic mass is 9.88. The van der Waals surface area contributed by atoms with Crippen molar-refractivity contribution in [2.45, 2.75) is 32.4 Å². The van der Waals surface area contributed by atoms with Crippen LogP contribution >= 0.6 is 24.8 Å². The van der Waals surface area contributed by atoms with E-state index in [1.54, 1.807) is 0 Å². The minimum absolute atomic E-state index is 0.